The molecule has 0 spiro atoms. The Morgan fingerprint density at radius 3 is 2.57 bits per heavy atom. The predicted octanol–water partition coefficient (Wildman–Crippen LogP) is 4.29. The number of Topliss-reactive ketones (excluding diaryl/α,β-unsaturated/α-hetero) is 1. The summed E-state index contributed by atoms with van der Waals surface area (Å²) in [5.74, 6) is 0.301. The number of carbonyl (C=O) groups excluding carboxylic acids is 1. The summed E-state index contributed by atoms with van der Waals surface area (Å²) in [6.07, 6.45) is 4.46. The van der Waals surface area contributed by atoms with E-state index in [2.05, 4.69) is 30.0 Å². The zero-order valence-corrected chi connectivity index (χ0v) is 12.7. The van der Waals surface area contributed by atoms with Crippen LogP contribution in [0.2, 0.25) is 0 Å². The van der Waals surface area contributed by atoms with Crippen LogP contribution in [0.25, 0.3) is 10.8 Å². The molecule has 1 aliphatic rings. The highest BCUT2D eigenvalue weighted by Crippen LogP contribution is 2.24. The molecule has 0 radical (unpaired) electrons. The zero-order chi connectivity index (χ0) is 14.7. The van der Waals surface area contributed by atoms with Gasteiger partial charge in [-0.05, 0) is 43.1 Å². The fraction of sp³-hybridized carbons (Fsp3) is 0.421. The van der Waals surface area contributed by atoms with E-state index in [-0.39, 0.29) is 6.04 Å². The van der Waals surface area contributed by atoms with Gasteiger partial charge >= 0.3 is 0 Å². The Morgan fingerprint density at radius 1 is 1.10 bits per heavy atom. The van der Waals surface area contributed by atoms with Crippen LogP contribution in [-0.2, 0) is 0 Å². The van der Waals surface area contributed by atoms with Crippen molar-refractivity contribution in [2.45, 2.75) is 38.6 Å². The van der Waals surface area contributed by atoms with E-state index in [1.807, 2.05) is 24.3 Å². The number of benzene rings is 2. The van der Waals surface area contributed by atoms with E-state index in [0.29, 0.717) is 5.78 Å². The third-order valence-corrected chi connectivity index (χ3v) is 4.50. The van der Waals surface area contributed by atoms with Crippen LogP contribution in [0.3, 0.4) is 0 Å². The van der Waals surface area contributed by atoms with Gasteiger partial charge in [0.2, 0.25) is 0 Å². The second-order valence-corrected chi connectivity index (χ2v) is 5.94. The van der Waals surface area contributed by atoms with Crippen molar-refractivity contribution in [3.63, 3.8) is 0 Å². The summed E-state index contributed by atoms with van der Waals surface area (Å²) in [7, 11) is 0. The van der Waals surface area contributed by atoms with Gasteiger partial charge in [0.1, 0.15) is 0 Å². The van der Waals surface area contributed by atoms with Crippen LogP contribution in [0.1, 0.15) is 43.0 Å². The van der Waals surface area contributed by atoms with Crippen molar-refractivity contribution in [1.82, 2.24) is 4.90 Å². The third kappa shape index (κ3) is 2.86. The van der Waals surface area contributed by atoms with Gasteiger partial charge in [-0.15, -0.1) is 0 Å². The minimum atomic E-state index is 0.0586. The van der Waals surface area contributed by atoms with Crippen LogP contribution in [0, 0.1) is 0 Å². The summed E-state index contributed by atoms with van der Waals surface area (Å²) in [5.41, 5.74) is 0.887. The number of rotatable bonds is 5. The van der Waals surface area contributed by atoms with Crippen molar-refractivity contribution in [2.24, 2.45) is 0 Å². The highest BCUT2D eigenvalue weighted by molar-refractivity contribution is 6.10. The fourth-order valence-electron chi connectivity index (χ4n) is 3.43. The van der Waals surface area contributed by atoms with Gasteiger partial charge in [-0.3, -0.25) is 9.69 Å². The Kier molecular flexibility index (Phi) is 4.35. The number of nitrogens with zero attached hydrogens (tertiary/aromatic N) is 1. The standard InChI is InChI=1S/C19H23NO/c1-2-8-18(20-13-5-6-14-20)19(21)17-12-7-10-15-9-3-4-11-16(15)17/h3-4,7,9-12,18H,2,5-6,8,13-14H2,1H3/t18-/m0/s1. The number of likely N-dealkylation sites (tertiary alicyclic amines) is 1. The Bertz CT molecular complexity index is 623. The molecular formula is C19H23NO. The monoisotopic (exact) mass is 281 g/mol. The molecule has 2 heteroatoms. The molecule has 0 aliphatic carbocycles. The number of hydrogen-bond donors (Lipinski definition) is 0. The molecule has 1 heterocycles. The lowest BCUT2D eigenvalue weighted by atomic mass is 9.94. The Balaban J connectivity index is 1.97. The molecule has 0 unspecified atom stereocenters. The number of ketones is 1. The molecule has 1 atom stereocenters. The van der Waals surface area contributed by atoms with Crippen LogP contribution < -0.4 is 0 Å². The van der Waals surface area contributed by atoms with Crippen molar-refractivity contribution < 1.29 is 4.79 Å². The Labute approximate surface area is 126 Å². The van der Waals surface area contributed by atoms with E-state index in [0.717, 1.165) is 42.3 Å². The van der Waals surface area contributed by atoms with E-state index in [1.54, 1.807) is 0 Å². The largest absolute Gasteiger partial charge is 0.293 e. The maximum Gasteiger partial charge on any atom is 0.180 e. The molecule has 110 valence electrons. The van der Waals surface area contributed by atoms with Gasteiger partial charge in [-0.2, -0.15) is 0 Å². The van der Waals surface area contributed by atoms with Crippen molar-refractivity contribution in [3.05, 3.63) is 48.0 Å². The van der Waals surface area contributed by atoms with E-state index in [4.69, 9.17) is 0 Å². The van der Waals surface area contributed by atoms with Crippen molar-refractivity contribution in [3.8, 4) is 0 Å². The van der Waals surface area contributed by atoms with Gasteiger partial charge in [-0.25, -0.2) is 0 Å². The summed E-state index contributed by atoms with van der Waals surface area (Å²) in [4.78, 5) is 15.5. The molecule has 2 aromatic carbocycles. The first-order valence-corrected chi connectivity index (χ1v) is 8.07. The first-order valence-electron chi connectivity index (χ1n) is 8.07. The summed E-state index contributed by atoms with van der Waals surface area (Å²) in [5, 5.41) is 2.24. The van der Waals surface area contributed by atoms with Crippen LogP contribution >= 0.6 is 0 Å². The molecule has 21 heavy (non-hydrogen) atoms. The summed E-state index contributed by atoms with van der Waals surface area (Å²) in [6.45, 7) is 4.31. The normalized spacial score (nSPS) is 17.2. The van der Waals surface area contributed by atoms with Crippen LogP contribution in [-0.4, -0.2) is 29.8 Å². The van der Waals surface area contributed by atoms with Crippen LogP contribution in [0.15, 0.2) is 42.5 Å². The lowest BCUT2D eigenvalue weighted by Crippen LogP contribution is -2.39. The molecule has 0 bridgehead atoms. The summed E-state index contributed by atoms with van der Waals surface area (Å²) in [6, 6.07) is 14.3. The molecule has 1 aliphatic heterocycles. The zero-order valence-electron chi connectivity index (χ0n) is 12.7. The average molecular weight is 281 g/mol. The number of fused-ring (bicyclic) bond motifs is 1. The second kappa shape index (κ2) is 6.40. The molecule has 2 aromatic rings. The lowest BCUT2D eigenvalue weighted by molar-refractivity contribution is 0.0839. The second-order valence-electron chi connectivity index (χ2n) is 5.94. The Hall–Kier alpha value is -1.67. The molecule has 3 rings (SSSR count). The molecule has 2 nitrogen and oxygen atoms in total. The minimum Gasteiger partial charge on any atom is -0.293 e. The maximum atomic E-state index is 13.1. The van der Waals surface area contributed by atoms with Crippen molar-refractivity contribution in [2.75, 3.05) is 13.1 Å². The van der Waals surface area contributed by atoms with Crippen LogP contribution in [0.4, 0.5) is 0 Å². The van der Waals surface area contributed by atoms with Gasteiger partial charge in [0, 0.05) is 5.56 Å². The van der Waals surface area contributed by atoms with Gasteiger partial charge in [0.25, 0.3) is 0 Å². The molecule has 1 fully saturated rings. The van der Waals surface area contributed by atoms with E-state index in [9.17, 15) is 4.79 Å². The van der Waals surface area contributed by atoms with Gasteiger partial charge in [-0.1, -0.05) is 55.8 Å². The van der Waals surface area contributed by atoms with Gasteiger partial charge in [0.05, 0.1) is 6.04 Å². The quantitative estimate of drug-likeness (QED) is 0.762. The highest BCUT2D eigenvalue weighted by Gasteiger charge is 2.28. The molecule has 0 aromatic heterocycles. The molecular weight excluding hydrogens is 258 g/mol. The van der Waals surface area contributed by atoms with Gasteiger partial charge in [0.15, 0.2) is 5.78 Å². The third-order valence-electron chi connectivity index (χ3n) is 4.50. The smallest absolute Gasteiger partial charge is 0.180 e. The molecule has 0 saturated carbocycles. The van der Waals surface area contributed by atoms with E-state index < -0.39 is 0 Å². The Morgan fingerprint density at radius 2 is 1.81 bits per heavy atom. The highest BCUT2D eigenvalue weighted by atomic mass is 16.1. The topological polar surface area (TPSA) is 20.3 Å². The van der Waals surface area contributed by atoms with Crippen LogP contribution in [0.5, 0.6) is 0 Å². The summed E-state index contributed by atoms with van der Waals surface area (Å²) < 4.78 is 0. The fourth-order valence-corrected chi connectivity index (χ4v) is 3.43. The minimum absolute atomic E-state index is 0.0586. The molecule has 0 amide bonds. The van der Waals surface area contributed by atoms with E-state index in [1.165, 1.54) is 12.8 Å². The SMILES string of the molecule is CCC[C@@H](C(=O)c1cccc2ccccc12)N1CCCC1. The van der Waals surface area contributed by atoms with Crippen molar-refractivity contribution >= 4 is 16.6 Å². The van der Waals surface area contributed by atoms with E-state index >= 15 is 0 Å². The van der Waals surface area contributed by atoms with Gasteiger partial charge < -0.3 is 0 Å². The summed E-state index contributed by atoms with van der Waals surface area (Å²) >= 11 is 0. The molecule has 1 saturated heterocycles. The number of carbonyl (C=O) groups is 1. The number of hydrogen-bond acceptors (Lipinski definition) is 2. The lowest BCUT2D eigenvalue weighted by Gasteiger charge is -2.26. The first-order chi connectivity index (χ1) is 10.3. The predicted molar refractivity (Wildman–Crippen MR) is 87.8 cm³/mol. The maximum absolute atomic E-state index is 13.1. The molecule has 0 N–H and O–H groups in total. The van der Waals surface area contributed by atoms with Crippen molar-refractivity contribution in [1.29, 1.82) is 0 Å². The average Bonchev–Trinajstić information content (AvgIpc) is 3.05. The first kappa shape index (κ1) is 14.3.